The smallest absolute Gasteiger partial charge is 1.00 e. The van der Waals surface area contributed by atoms with E-state index in [-0.39, 0.29) is 100 Å². The Morgan fingerprint density at radius 2 is 0.787 bits per heavy atom. The number of esters is 2. The van der Waals surface area contributed by atoms with Crippen molar-refractivity contribution in [3.8, 4) is 56.0 Å². The average molecular weight is 1680 g/mol. The molecular formula is C79H101BBr2MgN6O16S3. The number of ether oxygens (including phenoxy) is 2. The van der Waals surface area contributed by atoms with Crippen molar-refractivity contribution in [1.82, 2.24) is 29.3 Å². The molecule has 4 heterocycles. The van der Waals surface area contributed by atoms with Crippen LogP contribution in [-0.2, 0) is 93.4 Å². The zero-order valence-corrected chi connectivity index (χ0v) is 71.9. The first-order valence-corrected chi connectivity index (χ1v) is 40.9. The average Bonchev–Trinajstić information content (AvgIpc) is 1.59. The molecule has 0 unspecified atom stereocenters. The Morgan fingerprint density at radius 1 is 0.491 bits per heavy atom. The van der Waals surface area contributed by atoms with Crippen LogP contribution in [0.2, 0.25) is 0 Å². The summed E-state index contributed by atoms with van der Waals surface area (Å²) in [5.74, 6) is 0.340. The molecule has 29 heteroatoms. The molecule has 10 rings (SSSR count). The van der Waals surface area contributed by atoms with E-state index in [0.717, 1.165) is 92.4 Å². The van der Waals surface area contributed by atoms with Crippen molar-refractivity contribution < 1.29 is 91.0 Å². The number of rotatable bonds is 23. The first-order chi connectivity index (χ1) is 49.0. The molecule has 0 spiro atoms. The summed E-state index contributed by atoms with van der Waals surface area (Å²) in [6, 6.07) is 43.7. The summed E-state index contributed by atoms with van der Waals surface area (Å²) in [7, 11) is -11.0. The molecule has 1 aliphatic heterocycles. The maximum absolute atomic E-state index is 12.2. The predicted octanol–water partition coefficient (Wildman–Crippen LogP) is 10.0. The number of carbonyl (C=O) groups excluding carboxylic acids is 2. The number of aliphatic hydroxyl groups excluding tert-OH is 3. The molecular weight excluding hydrogens is 1580 g/mol. The number of hydrogen-bond acceptors (Lipinski definition) is 19. The molecule has 580 valence electrons. The molecule has 1 fully saturated rings. The third kappa shape index (κ3) is 24.6. The molecule has 3 aromatic heterocycles. The summed E-state index contributed by atoms with van der Waals surface area (Å²) in [6.45, 7) is 29.1. The van der Waals surface area contributed by atoms with Crippen molar-refractivity contribution in [2.75, 3.05) is 32.0 Å². The Hall–Kier alpha value is -6.71. The van der Waals surface area contributed by atoms with Gasteiger partial charge in [-0.1, -0.05) is 155 Å². The molecule has 9 aromatic rings. The van der Waals surface area contributed by atoms with Gasteiger partial charge in [-0.3, -0.25) is 14.0 Å². The Morgan fingerprint density at radius 3 is 1.10 bits per heavy atom. The van der Waals surface area contributed by atoms with Crippen LogP contribution in [0.5, 0.6) is 0 Å². The van der Waals surface area contributed by atoms with E-state index in [4.69, 9.17) is 18.8 Å². The number of nitrogens with zero attached hydrogens (tertiary/aromatic N) is 6. The molecule has 0 atom stereocenters. The van der Waals surface area contributed by atoms with Gasteiger partial charge in [-0.15, -0.1) is 0 Å². The van der Waals surface area contributed by atoms with E-state index in [1.165, 1.54) is 6.07 Å². The summed E-state index contributed by atoms with van der Waals surface area (Å²) >= 11 is 3.43. The number of carbonyl (C=O) groups is 2. The van der Waals surface area contributed by atoms with Gasteiger partial charge >= 0.3 is 42.1 Å². The van der Waals surface area contributed by atoms with Crippen LogP contribution in [0.15, 0.2) is 165 Å². The Kier molecular flexibility index (Phi) is 34.2. The first kappa shape index (κ1) is 93.7. The van der Waals surface area contributed by atoms with Crippen LogP contribution in [0.3, 0.4) is 0 Å². The van der Waals surface area contributed by atoms with Gasteiger partial charge in [0, 0.05) is 42.9 Å². The van der Waals surface area contributed by atoms with Gasteiger partial charge < -0.3 is 63.6 Å². The van der Waals surface area contributed by atoms with Crippen molar-refractivity contribution in [3.63, 3.8) is 0 Å². The Labute approximate surface area is 673 Å². The van der Waals surface area contributed by atoms with E-state index in [2.05, 4.69) is 72.8 Å². The minimum absolute atomic E-state index is 0. The minimum atomic E-state index is -3.47. The molecule has 0 amide bonds. The van der Waals surface area contributed by atoms with Crippen molar-refractivity contribution >= 4 is 93.0 Å². The molecule has 1 aliphatic rings. The zero-order chi connectivity index (χ0) is 77.9. The van der Waals surface area contributed by atoms with E-state index >= 15 is 0 Å². The van der Waals surface area contributed by atoms with Crippen LogP contribution in [0.4, 0.5) is 0 Å². The van der Waals surface area contributed by atoms with Crippen LogP contribution in [0, 0.1) is 25.2 Å². The van der Waals surface area contributed by atoms with Crippen LogP contribution >= 0.6 is 15.9 Å². The second kappa shape index (κ2) is 39.5. The van der Waals surface area contributed by atoms with Crippen LogP contribution in [0.25, 0.3) is 56.0 Å². The molecule has 4 N–H and O–H groups in total. The molecule has 22 nitrogen and oxygen atoms in total. The summed E-state index contributed by atoms with van der Waals surface area (Å²) in [5, 5.41) is 52.0. The monoisotopic (exact) mass is 1680 g/mol. The summed E-state index contributed by atoms with van der Waals surface area (Å²) < 4.78 is 101. The van der Waals surface area contributed by atoms with Gasteiger partial charge in [-0.25, -0.2) is 34.8 Å². The maximum atomic E-state index is 12.2. The SMILES string of the molecule is CC(C)Cn1nc(C(C)(C)O)cc1-c1ccc(-c2ccc(CO)c(S(C)(=O)=O)c2)cc1.CC1(C)OB(c2ccc(CO)c(S(C)(=O)=O)c2)OC1(C)C.CCOC(=O)c1cc(-c2ccc(-c3ccc(CO)c(S(C)(=O)=O)c3)cc2)n(CC(C)C)n1.CCOC(=O)c1cc(-c2ccc(Br)cc2)n(CC(C)C)n1.[Br-].[CH3-].[Mg+2]. The second-order valence-electron chi connectivity index (χ2n) is 28.5. The van der Waals surface area contributed by atoms with E-state index in [1.807, 2.05) is 127 Å². The van der Waals surface area contributed by atoms with Gasteiger partial charge in [0.05, 0.1) is 81.7 Å². The Bertz CT molecular complexity index is 4850. The van der Waals surface area contributed by atoms with Crippen molar-refractivity contribution in [3.05, 3.63) is 191 Å². The third-order valence-corrected chi connectivity index (χ3v) is 21.2. The molecule has 0 bridgehead atoms. The largest absolute Gasteiger partial charge is 2.00 e. The normalized spacial score (nSPS) is 13.2. The van der Waals surface area contributed by atoms with Gasteiger partial charge in [0.1, 0.15) is 5.60 Å². The number of benzene rings is 6. The Balaban J connectivity index is 0.000000307. The summed E-state index contributed by atoms with van der Waals surface area (Å²) in [5.41, 5.74) is 9.73. The fourth-order valence-electron chi connectivity index (χ4n) is 11.2. The van der Waals surface area contributed by atoms with Crippen LogP contribution in [-0.4, -0.2) is 160 Å². The fraction of sp³-hybridized carbons (Fsp3) is 0.392. The molecule has 0 radical (unpaired) electrons. The van der Waals surface area contributed by atoms with Gasteiger partial charge in [0.25, 0.3) is 0 Å². The molecule has 1 saturated heterocycles. The number of halogens is 2. The van der Waals surface area contributed by atoms with E-state index in [9.17, 15) is 55.3 Å². The van der Waals surface area contributed by atoms with E-state index in [0.29, 0.717) is 64.4 Å². The molecule has 0 saturated carbocycles. The molecule has 6 aromatic carbocycles. The quantitative estimate of drug-likeness (QED) is 0.0263. The predicted molar refractivity (Wildman–Crippen MR) is 425 cm³/mol. The number of aliphatic hydroxyl groups is 4. The van der Waals surface area contributed by atoms with Gasteiger partial charge in [-0.05, 0) is 183 Å². The first-order valence-electron chi connectivity index (χ1n) is 34.5. The number of hydrogen-bond donors (Lipinski definition) is 4. The maximum Gasteiger partial charge on any atom is 2.00 e. The van der Waals surface area contributed by atoms with Crippen molar-refractivity contribution in [2.24, 2.45) is 17.8 Å². The fourth-order valence-corrected chi connectivity index (χ4v) is 14.3. The van der Waals surface area contributed by atoms with Crippen LogP contribution in [0.1, 0.15) is 140 Å². The zero-order valence-electron chi connectivity index (χ0n) is 64.9. The van der Waals surface area contributed by atoms with Gasteiger partial charge in [-0.2, -0.15) is 15.3 Å². The van der Waals surface area contributed by atoms with Gasteiger partial charge in [0.15, 0.2) is 40.9 Å². The summed E-state index contributed by atoms with van der Waals surface area (Å²) in [4.78, 5) is 24.4. The molecule has 108 heavy (non-hydrogen) atoms. The number of aromatic nitrogens is 6. The second-order valence-corrected chi connectivity index (χ2v) is 35.4. The molecule has 0 aliphatic carbocycles. The van der Waals surface area contributed by atoms with Crippen molar-refractivity contribution in [2.45, 2.75) is 168 Å². The van der Waals surface area contributed by atoms with Crippen LogP contribution < -0.4 is 22.4 Å². The van der Waals surface area contributed by atoms with Crippen molar-refractivity contribution in [1.29, 1.82) is 0 Å². The standard InChI is InChI=1S/C24H28N2O5S.C24H30N2O4S.C16H19BrN2O2.C14H21BO5S.CH3.BrH.Mg/c1-5-31-24(28)21-13-22(26(25-21)14-16(2)3)18-8-6-17(7-9-18)19-10-11-20(15-27)23(12-19)32(4,29)30;1-16(2)14-26-21(13-23(25-26)24(3,4)28)18-8-6-17(7-9-18)19-10-11-20(15-27)22(12-19)31(5,29)30;1-4-21-16(20)14-9-15(19(18-14)10-11(2)3)12-5-7-13(17)8-6-12;1-13(2)14(3,4)20-15(19-13)11-7-6-10(9-16)12(8-11)21(5,17)18;;;/h6-13,16,27H,5,14-15H2,1-4H3;6-13,16,27-28H,14-15H2,1-5H3;5-9,11H,4,10H2,1-3H3;6-8,16H,9H2,1-5H3;1H3;1H;/q;;;;-1;;+2/p-1. The minimum Gasteiger partial charge on any atom is -1.00 e. The topological polar surface area (TPSA) is 308 Å². The van der Waals surface area contributed by atoms with E-state index in [1.54, 1.807) is 82.3 Å². The summed E-state index contributed by atoms with van der Waals surface area (Å²) in [6.07, 6.45) is 3.39. The number of sulfone groups is 3. The third-order valence-electron chi connectivity index (χ3n) is 17.2. The van der Waals surface area contributed by atoms with E-state index < -0.39 is 59.4 Å². The van der Waals surface area contributed by atoms with Gasteiger partial charge in [0.2, 0.25) is 0 Å².